The molecule has 0 amide bonds. The van der Waals surface area contributed by atoms with Gasteiger partial charge in [0.15, 0.2) is 11.9 Å². The van der Waals surface area contributed by atoms with E-state index >= 15 is 0 Å². The third-order valence-corrected chi connectivity index (χ3v) is 5.95. The highest BCUT2D eigenvalue weighted by Crippen LogP contribution is 2.25. The molecule has 0 bridgehead atoms. The molecule has 9 heteroatoms. The number of aryl methyl sites for hydroxylation is 1. The molecule has 1 fully saturated rings. The van der Waals surface area contributed by atoms with Gasteiger partial charge in [0.2, 0.25) is 10.0 Å². The molecule has 8 nitrogen and oxygen atoms in total. The van der Waals surface area contributed by atoms with Crippen LogP contribution in [0.5, 0.6) is 0 Å². The van der Waals surface area contributed by atoms with E-state index in [1.807, 2.05) is 6.92 Å². The van der Waals surface area contributed by atoms with Crippen LogP contribution >= 0.6 is 0 Å². The zero-order valence-electron chi connectivity index (χ0n) is 14.7. The first-order chi connectivity index (χ1) is 12.4. The lowest BCUT2D eigenvalue weighted by molar-refractivity contribution is 0.0265. The average Bonchev–Trinajstić information content (AvgIpc) is 3.21. The van der Waals surface area contributed by atoms with Crippen molar-refractivity contribution < 1.29 is 22.5 Å². The van der Waals surface area contributed by atoms with Crippen LogP contribution < -0.4 is 4.31 Å². The van der Waals surface area contributed by atoms with E-state index in [1.54, 1.807) is 31.2 Å². The van der Waals surface area contributed by atoms with Gasteiger partial charge in [-0.3, -0.25) is 4.31 Å². The molecule has 1 atom stereocenters. The highest BCUT2D eigenvalue weighted by molar-refractivity contribution is 7.93. The zero-order chi connectivity index (χ0) is 18.7. The third-order valence-electron chi connectivity index (χ3n) is 4.08. The second kappa shape index (κ2) is 7.45. The molecular formula is C17H21N3O5S. The summed E-state index contributed by atoms with van der Waals surface area (Å²) < 4.78 is 35.7. The maximum atomic E-state index is 12.3. The third kappa shape index (κ3) is 3.87. The molecule has 0 radical (unpaired) electrons. The monoisotopic (exact) mass is 379 g/mol. The average molecular weight is 379 g/mol. The van der Waals surface area contributed by atoms with E-state index in [0.717, 1.165) is 6.42 Å². The molecule has 0 aliphatic carbocycles. The van der Waals surface area contributed by atoms with Crippen molar-refractivity contribution in [3.05, 3.63) is 41.5 Å². The molecule has 1 unspecified atom stereocenters. The lowest BCUT2D eigenvalue weighted by atomic mass is 10.2. The van der Waals surface area contributed by atoms with E-state index in [9.17, 15) is 13.2 Å². The number of benzene rings is 1. The van der Waals surface area contributed by atoms with Gasteiger partial charge < -0.3 is 9.26 Å². The SMILES string of the molecule is CCCc1noc(C(C)OC(=O)c2ccc(N3CCCS3(=O)=O)cc2)n1. The number of nitrogens with zero attached hydrogens (tertiary/aromatic N) is 3. The number of esters is 1. The summed E-state index contributed by atoms with van der Waals surface area (Å²) in [5.41, 5.74) is 0.874. The number of ether oxygens (including phenoxy) is 1. The van der Waals surface area contributed by atoms with Crippen LogP contribution in [0, 0.1) is 0 Å². The summed E-state index contributed by atoms with van der Waals surface area (Å²) in [6, 6.07) is 6.31. The van der Waals surface area contributed by atoms with Gasteiger partial charge in [0.05, 0.1) is 17.0 Å². The highest BCUT2D eigenvalue weighted by atomic mass is 32.2. The Labute approximate surface area is 152 Å². The molecule has 0 spiro atoms. The van der Waals surface area contributed by atoms with Crippen LogP contribution in [0.1, 0.15) is 54.9 Å². The van der Waals surface area contributed by atoms with Crippen molar-refractivity contribution >= 4 is 21.7 Å². The topological polar surface area (TPSA) is 103 Å². The number of sulfonamides is 1. The summed E-state index contributed by atoms with van der Waals surface area (Å²) in [6.07, 6.45) is 1.53. The lowest BCUT2D eigenvalue weighted by Crippen LogP contribution is -2.25. The number of anilines is 1. The minimum Gasteiger partial charge on any atom is -0.449 e. The fourth-order valence-electron chi connectivity index (χ4n) is 2.73. The van der Waals surface area contributed by atoms with E-state index in [-0.39, 0.29) is 11.6 Å². The Hall–Kier alpha value is -2.42. The Kier molecular flexibility index (Phi) is 5.26. The highest BCUT2D eigenvalue weighted by Gasteiger charge is 2.28. The van der Waals surface area contributed by atoms with Crippen molar-refractivity contribution in [3.63, 3.8) is 0 Å². The molecular weight excluding hydrogens is 358 g/mol. The van der Waals surface area contributed by atoms with E-state index in [2.05, 4.69) is 10.1 Å². The minimum absolute atomic E-state index is 0.151. The van der Waals surface area contributed by atoms with Crippen molar-refractivity contribution in [1.29, 1.82) is 0 Å². The van der Waals surface area contributed by atoms with Gasteiger partial charge in [-0.25, -0.2) is 13.2 Å². The van der Waals surface area contributed by atoms with Crippen LogP contribution in [0.2, 0.25) is 0 Å². The van der Waals surface area contributed by atoms with E-state index in [0.29, 0.717) is 36.5 Å². The van der Waals surface area contributed by atoms with Gasteiger partial charge in [0, 0.05) is 13.0 Å². The summed E-state index contributed by atoms with van der Waals surface area (Å²) in [4.78, 5) is 16.5. The first-order valence-corrected chi connectivity index (χ1v) is 10.2. The van der Waals surface area contributed by atoms with Gasteiger partial charge in [-0.05, 0) is 44.0 Å². The smallest absolute Gasteiger partial charge is 0.338 e. The summed E-state index contributed by atoms with van der Waals surface area (Å²) in [6.45, 7) is 4.13. The summed E-state index contributed by atoms with van der Waals surface area (Å²) in [5, 5.41) is 3.84. The molecule has 140 valence electrons. The van der Waals surface area contributed by atoms with Crippen molar-refractivity contribution in [3.8, 4) is 0 Å². The van der Waals surface area contributed by atoms with Gasteiger partial charge in [0.1, 0.15) is 0 Å². The quantitative estimate of drug-likeness (QED) is 0.710. The number of rotatable bonds is 6. The molecule has 26 heavy (non-hydrogen) atoms. The van der Waals surface area contributed by atoms with Crippen LogP contribution in [-0.4, -0.2) is 36.8 Å². The van der Waals surface area contributed by atoms with Crippen LogP contribution in [0.15, 0.2) is 28.8 Å². The lowest BCUT2D eigenvalue weighted by Gasteiger charge is -2.17. The molecule has 2 aromatic rings. The predicted octanol–water partition coefficient (Wildman–Crippen LogP) is 2.48. The molecule has 0 N–H and O–H groups in total. The first kappa shape index (κ1) is 18.4. The Bertz CT molecular complexity index is 876. The number of carbonyl (C=O) groups is 1. The Balaban J connectivity index is 1.66. The second-order valence-electron chi connectivity index (χ2n) is 6.13. The standard InChI is InChI=1S/C17H21N3O5S/c1-3-5-15-18-16(25-19-15)12(2)24-17(21)13-6-8-14(9-7-13)20-10-4-11-26(20,22)23/h6-9,12H,3-5,10-11H2,1-2H3. The van der Waals surface area contributed by atoms with Crippen LogP contribution in [0.25, 0.3) is 0 Å². The maximum absolute atomic E-state index is 12.3. The van der Waals surface area contributed by atoms with Crippen molar-refractivity contribution in [2.45, 2.75) is 39.2 Å². The number of aromatic nitrogens is 2. The van der Waals surface area contributed by atoms with Gasteiger partial charge in [-0.1, -0.05) is 12.1 Å². The Morgan fingerprint density at radius 3 is 2.69 bits per heavy atom. The molecule has 0 saturated carbocycles. The van der Waals surface area contributed by atoms with Gasteiger partial charge >= 0.3 is 5.97 Å². The summed E-state index contributed by atoms with van der Waals surface area (Å²) >= 11 is 0. The minimum atomic E-state index is -3.24. The van der Waals surface area contributed by atoms with Crippen LogP contribution in [0.4, 0.5) is 5.69 Å². The first-order valence-electron chi connectivity index (χ1n) is 8.54. The van der Waals surface area contributed by atoms with E-state index < -0.39 is 22.1 Å². The Morgan fingerprint density at radius 1 is 1.35 bits per heavy atom. The van der Waals surface area contributed by atoms with E-state index in [1.165, 1.54) is 4.31 Å². The molecule has 1 aliphatic heterocycles. The normalized spacial score (nSPS) is 17.2. The molecule has 3 rings (SSSR count). The fraction of sp³-hybridized carbons (Fsp3) is 0.471. The number of carbonyl (C=O) groups excluding carboxylic acids is 1. The summed E-state index contributed by atoms with van der Waals surface area (Å²) in [5.74, 6) is 0.449. The van der Waals surface area contributed by atoms with Crippen molar-refractivity contribution in [2.24, 2.45) is 0 Å². The molecule has 1 aromatic carbocycles. The second-order valence-corrected chi connectivity index (χ2v) is 8.15. The molecule has 1 aliphatic rings. The number of hydrogen-bond donors (Lipinski definition) is 0. The molecule has 2 heterocycles. The van der Waals surface area contributed by atoms with Crippen LogP contribution in [0.3, 0.4) is 0 Å². The number of hydrogen-bond acceptors (Lipinski definition) is 7. The van der Waals surface area contributed by atoms with Gasteiger partial charge in [0.25, 0.3) is 5.89 Å². The van der Waals surface area contributed by atoms with Crippen LogP contribution in [-0.2, 0) is 21.2 Å². The Morgan fingerprint density at radius 2 is 2.08 bits per heavy atom. The van der Waals surface area contributed by atoms with Gasteiger partial charge in [-0.2, -0.15) is 4.98 Å². The van der Waals surface area contributed by atoms with Gasteiger partial charge in [-0.15, -0.1) is 0 Å². The summed E-state index contributed by atoms with van der Waals surface area (Å²) in [7, 11) is -3.24. The van der Waals surface area contributed by atoms with Crippen molar-refractivity contribution in [2.75, 3.05) is 16.6 Å². The predicted molar refractivity (Wildman–Crippen MR) is 94.3 cm³/mol. The largest absolute Gasteiger partial charge is 0.449 e. The zero-order valence-corrected chi connectivity index (χ0v) is 15.5. The molecule has 1 aromatic heterocycles. The van der Waals surface area contributed by atoms with E-state index in [4.69, 9.17) is 9.26 Å². The molecule has 1 saturated heterocycles. The maximum Gasteiger partial charge on any atom is 0.338 e. The fourth-order valence-corrected chi connectivity index (χ4v) is 4.29. The van der Waals surface area contributed by atoms with Crippen molar-refractivity contribution in [1.82, 2.24) is 10.1 Å².